The summed E-state index contributed by atoms with van der Waals surface area (Å²) >= 11 is 5.87. The highest BCUT2D eigenvalue weighted by Crippen LogP contribution is 2.32. The van der Waals surface area contributed by atoms with E-state index in [-0.39, 0.29) is 24.5 Å². The van der Waals surface area contributed by atoms with Gasteiger partial charge in [-0.15, -0.1) is 0 Å². The van der Waals surface area contributed by atoms with Crippen molar-refractivity contribution in [3.8, 4) is 5.75 Å². The number of carbonyl (C=O) groups excluding carboxylic acids is 2. The van der Waals surface area contributed by atoms with E-state index in [0.29, 0.717) is 16.8 Å². The van der Waals surface area contributed by atoms with Crippen LogP contribution in [0.4, 0.5) is 0 Å². The van der Waals surface area contributed by atoms with Gasteiger partial charge in [0, 0.05) is 44.4 Å². The van der Waals surface area contributed by atoms with E-state index in [4.69, 9.17) is 16.3 Å². The molecule has 0 bridgehead atoms. The van der Waals surface area contributed by atoms with Crippen molar-refractivity contribution in [2.75, 3.05) is 19.7 Å². The summed E-state index contributed by atoms with van der Waals surface area (Å²) in [5, 5.41) is 0.482. The number of halogens is 1. The number of hydrogen-bond acceptors (Lipinski definition) is 4. The fourth-order valence-electron chi connectivity index (χ4n) is 3.21. The number of likely N-dealkylation sites (tertiary alicyclic amines) is 1. The molecule has 0 atom stereocenters. The molecular formula is C17H22ClN3O3. The topological polar surface area (TPSA) is 62.7 Å². The second kappa shape index (κ2) is 7.38. The standard InChI is InChI=1S/C17H22ClN3O3/c1-12(22)20-6-4-15(5-7-20)21(14-2-3-14)17(23)11-24-16-8-13(18)9-19-10-16/h8-10,14-15H,2-7,11H2,1H3. The molecule has 0 radical (unpaired) electrons. The number of nitrogens with zero attached hydrogens (tertiary/aromatic N) is 3. The van der Waals surface area contributed by atoms with Gasteiger partial charge in [-0.05, 0) is 25.7 Å². The lowest BCUT2D eigenvalue weighted by Gasteiger charge is -2.38. The number of ether oxygens (including phenoxy) is 1. The Morgan fingerprint density at radius 2 is 1.92 bits per heavy atom. The molecule has 1 saturated carbocycles. The molecule has 2 amide bonds. The summed E-state index contributed by atoms with van der Waals surface area (Å²) in [5.74, 6) is 0.603. The van der Waals surface area contributed by atoms with Gasteiger partial charge in [-0.25, -0.2) is 0 Å². The van der Waals surface area contributed by atoms with Gasteiger partial charge in [0.1, 0.15) is 5.75 Å². The lowest BCUT2D eigenvalue weighted by atomic mass is 10.0. The summed E-state index contributed by atoms with van der Waals surface area (Å²) in [6, 6.07) is 2.17. The molecule has 2 fully saturated rings. The number of aromatic nitrogens is 1. The molecular weight excluding hydrogens is 330 g/mol. The highest BCUT2D eigenvalue weighted by Gasteiger charge is 2.38. The van der Waals surface area contributed by atoms with Crippen LogP contribution in [-0.2, 0) is 9.59 Å². The van der Waals surface area contributed by atoms with Crippen LogP contribution in [0.15, 0.2) is 18.5 Å². The van der Waals surface area contributed by atoms with Crippen molar-refractivity contribution in [3.63, 3.8) is 0 Å². The van der Waals surface area contributed by atoms with Gasteiger partial charge in [0.25, 0.3) is 5.91 Å². The maximum Gasteiger partial charge on any atom is 0.261 e. The fourth-order valence-corrected chi connectivity index (χ4v) is 3.37. The molecule has 2 aliphatic rings. The van der Waals surface area contributed by atoms with Crippen molar-refractivity contribution < 1.29 is 14.3 Å². The minimum absolute atomic E-state index is 0.00116. The van der Waals surface area contributed by atoms with E-state index < -0.39 is 0 Å². The van der Waals surface area contributed by atoms with E-state index in [2.05, 4.69) is 4.98 Å². The first-order valence-electron chi connectivity index (χ1n) is 8.34. The molecule has 1 aliphatic heterocycles. The molecule has 3 rings (SSSR count). The third-order valence-corrected chi connectivity index (χ3v) is 4.78. The van der Waals surface area contributed by atoms with Gasteiger partial charge >= 0.3 is 0 Å². The summed E-state index contributed by atoms with van der Waals surface area (Å²) in [6.45, 7) is 3.02. The number of pyridine rings is 1. The third-order valence-electron chi connectivity index (χ3n) is 4.57. The number of carbonyl (C=O) groups is 2. The predicted molar refractivity (Wildman–Crippen MR) is 89.9 cm³/mol. The lowest BCUT2D eigenvalue weighted by Crippen LogP contribution is -2.50. The molecule has 1 aromatic heterocycles. The van der Waals surface area contributed by atoms with Gasteiger partial charge in [-0.3, -0.25) is 14.6 Å². The van der Waals surface area contributed by atoms with Crippen molar-refractivity contribution in [1.82, 2.24) is 14.8 Å². The van der Waals surface area contributed by atoms with E-state index in [1.54, 1.807) is 19.2 Å². The van der Waals surface area contributed by atoms with Crippen LogP contribution >= 0.6 is 11.6 Å². The van der Waals surface area contributed by atoms with Crippen molar-refractivity contribution >= 4 is 23.4 Å². The molecule has 0 spiro atoms. The molecule has 130 valence electrons. The first-order chi connectivity index (χ1) is 11.5. The Bertz CT molecular complexity index is 613. The van der Waals surface area contributed by atoms with Crippen LogP contribution in [0.2, 0.25) is 5.02 Å². The van der Waals surface area contributed by atoms with E-state index in [9.17, 15) is 9.59 Å². The second-order valence-corrected chi connectivity index (χ2v) is 6.83. The fraction of sp³-hybridized carbons (Fsp3) is 0.588. The first kappa shape index (κ1) is 17.0. The summed E-state index contributed by atoms with van der Waals surface area (Å²) in [5.41, 5.74) is 0. The van der Waals surface area contributed by atoms with Crippen LogP contribution in [0, 0.1) is 0 Å². The average molecular weight is 352 g/mol. The molecule has 24 heavy (non-hydrogen) atoms. The summed E-state index contributed by atoms with van der Waals surface area (Å²) in [4.78, 5) is 31.9. The van der Waals surface area contributed by atoms with Crippen LogP contribution < -0.4 is 4.74 Å². The highest BCUT2D eigenvalue weighted by atomic mass is 35.5. The van der Waals surface area contributed by atoms with Gasteiger partial charge in [0.05, 0.1) is 11.2 Å². The van der Waals surface area contributed by atoms with Crippen LogP contribution in [-0.4, -0.2) is 58.4 Å². The number of rotatable bonds is 5. The van der Waals surface area contributed by atoms with E-state index in [1.807, 2.05) is 9.80 Å². The zero-order valence-electron chi connectivity index (χ0n) is 13.8. The minimum Gasteiger partial charge on any atom is -0.482 e. The third kappa shape index (κ3) is 4.17. The Kier molecular flexibility index (Phi) is 5.23. The van der Waals surface area contributed by atoms with E-state index in [0.717, 1.165) is 38.8 Å². The van der Waals surface area contributed by atoms with Gasteiger partial charge in [-0.2, -0.15) is 0 Å². The number of amides is 2. The first-order valence-corrected chi connectivity index (χ1v) is 8.72. The molecule has 1 aromatic rings. The van der Waals surface area contributed by atoms with Gasteiger partial charge in [-0.1, -0.05) is 11.6 Å². The molecule has 6 nitrogen and oxygen atoms in total. The van der Waals surface area contributed by atoms with E-state index >= 15 is 0 Å². The molecule has 1 saturated heterocycles. The second-order valence-electron chi connectivity index (χ2n) is 6.40. The Labute approximate surface area is 146 Å². The van der Waals surface area contributed by atoms with Crippen molar-refractivity contribution in [2.45, 2.75) is 44.7 Å². The van der Waals surface area contributed by atoms with Gasteiger partial charge in [0.2, 0.25) is 5.91 Å². The maximum atomic E-state index is 12.7. The maximum absolute atomic E-state index is 12.7. The summed E-state index contributed by atoms with van der Waals surface area (Å²) < 4.78 is 5.56. The van der Waals surface area contributed by atoms with Crippen molar-refractivity contribution in [2.24, 2.45) is 0 Å². The highest BCUT2D eigenvalue weighted by molar-refractivity contribution is 6.30. The molecule has 0 aromatic carbocycles. The largest absolute Gasteiger partial charge is 0.482 e. The van der Waals surface area contributed by atoms with Crippen LogP contribution in [0.1, 0.15) is 32.6 Å². The SMILES string of the molecule is CC(=O)N1CCC(N(C(=O)COc2cncc(Cl)c2)C2CC2)CC1. The van der Waals surface area contributed by atoms with Gasteiger partial charge < -0.3 is 14.5 Å². The normalized spacial score (nSPS) is 18.3. The summed E-state index contributed by atoms with van der Waals surface area (Å²) in [6.07, 6.45) is 6.84. The smallest absolute Gasteiger partial charge is 0.261 e. The zero-order valence-corrected chi connectivity index (χ0v) is 14.5. The Balaban J connectivity index is 1.57. The molecule has 0 N–H and O–H groups in total. The van der Waals surface area contributed by atoms with Gasteiger partial charge in [0.15, 0.2) is 6.61 Å². The predicted octanol–water partition coefficient (Wildman–Crippen LogP) is 2.12. The monoisotopic (exact) mass is 351 g/mol. The molecule has 0 unspecified atom stereocenters. The molecule has 2 heterocycles. The van der Waals surface area contributed by atoms with Crippen LogP contribution in [0.5, 0.6) is 5.75 Å². The average Bonchev–Trinajstić information content (AvgIpc) is 3.38. The Morgan fingerprint density at radius 1 is 1.25 bits per heavy atom. The number of hydrogen-bond donors (Lipinski definition) is 0. The van der Waals surface area contributed by atoms with Crippen LogP contribution in [0.3, 0.4) is 0 Å². The number of piperidine rings is 1. The van der Waals surface area contributed by atoms with Crippen molar-refractivity contribution in [1.29, 1.82) is 0 Å². The molecule has 7 heteroatoms. The lowest BCUT2D eigenvalue weighted by molar-refractivity contribution is -0.138. The van der Waals surface area contributed by atoms with Crippen LogP contribution in [0.25, 0.3) is 0 Å². The van der Waals surface area contributed by atoms with E-state index in [1.165, 1.54) is 6.20 Å². The quantitative estimate of drug-likeness (QED) is 0.815. The molecule has 1 aliphatic carbocycles. The minimum atomic E-state index is -0.00849. The Hall–Kier alpha value is -1.82. The van der Waals surface area contributed by atoms with Crippen molar-refractivity contribution in [3.05, 3.63) is 23.5 Å². The summed E-state index contributed by atoms with van der Waals surface area (Å²) in [7, 11) is 0. The Morgan fingerprint density at radius 3 is 2.50 bits per heavy atom. The zero-order chi connectivity index (χ0) is 17.1.